The largest absolute Gasteiger partial charge is 0.465 e. The molecule has 1 atom stereocenters. The van der Waals surface area contributed by atoms with E-state index in [1.54, 1.807) is 18.3 Å². The van der Waals surface area contributed by atoms with Crippen molar-refractivity contribution in [1.29, 1.82) is 0 Å². The van der Waals surface area contributed by atoms with Crippen LogP contribution in [0.2, 0.25) is 0 Å². The molecule has 1 aliphatic heterocycles. The summed E-state index contributed by atoms with van der Waals surface area (Å²) in [6.07, 6.45) is 5.54. The highest BCUT2D eigenvalue weighted by atomic mass is 16.5. The number of likely N-dealkylation sites (tertiary alicyclic amines) is 1. The van der Waals surface area contributed by atoms with E-state index in [0.29, 0.717) is 5.56 Å². The van der Waals surface area contributed by atoms with Crippen LogP contribution in [0.15, 0.2) is 18.3 Å². The van der Waals surface area contributed by atoms with E-state index in [2.05, 4.69) is 16.8 Å². The molecule has 2 heterocycles. The first-order valence-electron chi connectivity index (χ1n) is 6.99. The highest BCUT2D eigenvalue weighted by Crippen LogP contribution is 2.22. The number of nitrogens with zero attached hydrogens (tertiary/aromatic N) is 2. The summed E-state index contributed by atoms with van der Waals surface area (Å²) in [6.45, 7) is 5.19. The van der Waals surface area contributed by atoms with E-state index in [0.717, 1.165) is 31.2 Å². The molecule has 4 nitrogen and oxygen atoms in total. The minimum atomic E-state index is -0.299. The van der Waals surface area contributed by atoms with Gasteiger partial charge in [0.15, 0.2) is 0 Å². The molecule has 104 valence electrons. The molecule has 1 aliphatic rings. The molecular formula is C15H22N2O2. The summed E-state index contributed by atoms with van der Waals surface area (Å²) in [6, 6.07) is 3.56. The van der Waals surface area contributed by atoms with Gasteiger partial charge >= 0.3 is 5.97 Å². The Hall–Kier alpha value is -1.42. The lowest BCUT2D eigenvalue weighted by Crippen LogP contribution is -2.22. The van der Waals surface area contributed by atoms with Crippen LogP contribution in [0.1, 0.15) is 42.2 Å². The Morgan fingerprint density at radius 1 is 1.58 bits per heavy atom. The van der Waals surface area contributed by atoms with Gasteiger partial charge in [0.25, 0.3) is 0 Å². The molecule has 0 radical (unpaired) electrons. The van der Waals surface area contributed by atoms with Crippen LogP contribution in [0.4, 0.5) is 0 Å². The topological polar surface area (TPSA) is 42.4 Å². The highest BCUT2D eigenvalue weighted by Gasteiger charge is 2.23. The minimum absolute atomic E-state index is 0.299. The van der Waals surface area contributed by atoms with Crippen molar-refractivity contribution in [3.63, 3.8) is 0 Å². The lowest BCUT2D eigenvalue weighted by Gasteiger charge is -2.16. The van der Waals surface area contributed by atoms with Crippen LogP contribution in [0.25, 0.3) is 0 Å². The molecule has 2 rings (SSSR count). The summed E-state index contributed by atoms with van der Waals surface area (Å²) in [5, 5.41) is 0. The lowest BCUT2D eigenvalue weighted by molar-refractivity contribution is 0.0597. The molecular weight excluding hydrogens is 240 g/mol. The number of carbonyl (C=O) groups excluding carboxylic acids is 1. The van der Waals surface area contributed by atoms with Gasteiger partial charge in [0.2, 0.25) is 0 Å². The van der Waals surface area contributed by atoms with Gasteiger partial charge in [0.05, 0.1) is 18.4 Å². The van der Waals surface area contributed by atoms with Crippen LogP contribution in [0.5, 0.6) is 0 Å². The van der Waals surface area contributed by atoms with Crippen molar-refractivity contribution >= 4 is 5.97 Å². The maximum Gasteiger partial charge on any atom is 0.339 e. The van der Waals surface area contributed by atoms with Gasteiger partial charge in [-0.3, -0.25) is 9.88 Å². The van der Waals surface area contributed by atoms with E-state index in [1.807, 2.05) is 0 Å². The molecule has 1 unspecified atom stereocenters. The van der Waals surface area contributed by atoms with Crippen molar-refractivity contribution in [1.82, 2.24) is 9.88 Å². The first-order valence-corrected chi connectivity index (χ1v) is 6.99. The van der Waals surface area contributed by atoms with Crippen LogP contribution >= 0.6 is 0 Å². The van der Waals surface area contributed by atoms with E-state index in [4.69, 9.17) is 4.74 Å². The molecule has 1 saturated heterocycles. The average molecular weight is 262 g/mol. The molecule has 1 fully saturated rings. The molecule has 0 aromatic carbocycles. The fourth-order valence-electron chi connectivity index (χ4n) is 2.77. The molecule has 0 bridgehead atoms. The molecule has 0 aliphatic carbocycles. The molecule has 0 N–H and O–H groups in total. The van der Waals surface area contributed by atoms with Gasteiger partial charge in [-0.15, -0.1) is 0 Å². The predicted octanol–water partition coefficient (Wildman–Crippen LogP) is 2.49. The fourth-order valence-corrected chi connectivity index (χ4v) is 2.77. The normalized spacial score (nSPS) is 19.6. The summed E-state index contributed by atoms with van der Waals surface area (Å²) in [5.41, 5.74) is 1.41. The smallest absolute Gasteiger partial charge is 0.339 e. The van der Waals surface area contributed by atoms with Gasteiger partial charge in [-0.1, -0.05) is 13.3 Å². The Morgan fingerprint density at radius 2 is 2.42 bits per heavy atom. The molecule has 1 aromatic rings. The average Bonchev–Trinajstić information content (AvgIpc) is 2.86. The zero-order valence-corrected chi connectivity index (χ0v) is 11.8. The van der Waals surface area contributed by atoms with Crippen LogP contribution in [0, 0.1) is 5.92 Å². The van der Waals surface area contributed by atoms with Gasteiger partial charge < -0.3 is 4.74 Å². The standard InChI is InChI=1S/C15H22N2O2/c1-3-5-12-7-9-17(10-12)11-14-13(15(18)19-2)6-4-8-16-14/h4,6,8,12H,3,5,7,9-11H2,1-2H3. The molecule has 0 spiro atoms. The number of pyridine rings is 1. The second-order valence-electron chi connectivity index (χ2n) is 5.17. The third-order valence-corrected chi connectivity index (χ3v) is 3.74. The number of ether oxygens (including phenoxy) is 1. The Labute approximate surface area is 114 Å². The molecule has 0 saturated carbocycles. The Morgan fingerprint density at radius 3 is 3.16 bits per heavy atom. The van der Waals surface area contributed by atoms with Gasteiger partial charge in [-0.05, 0) is 37.4 Å². The van der Waals surface area contributed by atoms with E-state index >= 15 is 0 Å². The van der Waals surface area contributed by atoms with Crippen LogP contribution in [-0.2, 0) is 11.3 Å². The van der Waals surface area contributed by atoms with E-state index in [-0.39, 0.29) is 5.97 Å². The minimum Gasteiger partial charge on any atom is -0.465 e. The van der Waals surface area contributed by atoms with Crippen molar-refractivity contribution in [3.8, 4) is 0 Å². The van der Waals surface area contributed by atoms with Crippen molar-refractivity contribution in [2.75, 3.05) is 20.2 Å². The maximum atomic E-state index is 11.7. The highest BCUT2D eigenvalue weighted by molar-refractivity contribution is 5.90. The van der Waals surface area contributed by atoms with Crippen LogP contribution < -0.4 is 0 Å². The molecule has 0 amide bonds. The second kappa shape index (κ2) is 6.66. The summed E-state index contributed by atoms with van der Waals surface area (Å²) < 4.78 is 4.80. The first kappa shape index (κ1) is 14.0. The fraction of sp³-hybridized carbons (Fsp3) is 0.600. The van der Waals surface area contributed by atoms with Gasteiger partial charge in [0, 0.05) is 19.3 Å². The zero-order valence-electron chi connectivity index (χ0n) is 11.8. The molecule has 19 heavy (non-hydrogen) atoms. The summed E-state index contributed by atoms with van der Waals surface area (Å²) in [5.74, 6) is 0.502. The SMILES string of the molecule is CCCC1CCN(Cc2ncccc2C(=O)OC)C1. The summed E-state index contributed by atoms with van der Waals surface area (Å²) in [7, 11) is 1.41. The van der Waals surface area contributed by atoms with E-state index in [1.165, 1.54) is 26.4 Å². The first-order chi connectivity index (χ1) is 9.24. The lowest BCUT2D eigenvalue weighted by atomic mass is 10.0. The number of carbonyl (C=O) groups is 1. The second-order valence-corrected chi connectivity index (χ2v) is 5.17. The zero-order chi connectivity index (χ0) is 13.7. The summed E-state index contributed by atoms with van der Waals surface area (Å²) >= 11 is 0. The maximum absolute atomic E-state index is 11.7. The number of hydrogen-bond acceptors (Lipinski definition) is 4. The summed E-state index contributed by atoms with van der Waals surface area (Å²) in [4.78, 5) is 18.4. The van der Waals surface area contributed by atoms with Gasteiger partial charge in [-0.2, -0.15) is 0 Å². The van der Waals surface area contributed by atoms with E-state index < -0.39 is 0 Å². The Bertz CT molecular complexity index is 434. The monoisotopic (exact) mass is 262 g/mol. The number of aromatic nitrogens is 1. The number of rotatable bonds is 5. The quantitative estimate of drug-likeness (QED) is 0.765. The van der Waals surface area contributed by atoms with Crippen LogP contribution in [-0.4, -0.2) is 36.1 Å². The van der Waals surface area contributed by atoms with Crippen molar-refractivity contribution < 1.29 is 9.53 Å². The third kappa shape index (κ3) is 3.53. The van der Waals surface area contributed by atoms with Crippen molar-refractivity contribution in [2.24, 2.45) is 5.92 Å². The Kier molecular flexibility index (Phi) is 4.91. The predicted molar refractivity (Wildman–Crippen MR) is 73.9 cm³/mol. The number of hydrogen-bond donors (Lipinski definition) is 0. The van der Waals surface area contributed by atoms with E-state index in [9.17, 15) is 4.79 Å². The number of methoxy groups -OCH3 is 1. The van der Waals surface area contributed by atoms with Crippen molar-refractivity contribution in [2.45, 2.75) is 32.7 Å². The van der Waals surface area contributed by atoms with Crippen LogP contribution in [0.3, 0.4) is 0 Å². The van der Waals surface area contributed by atoms with Crippen molar-refractivity contribution in [3.05, 3.63) is 29.6 Å². The molecule has 1 aromatic heterocycles. The van der Waals surface area contributed by atoms with Gasteiger partial charge in [0.1, 0.15) is 0 Å². The Balaban J connectivity index is 2.02. The third-order valence-electron chi connectivity index (χ3n) is 3.74. The number of esters is 1. The van der Waals surface area contributed by atoms with Gasteiger partial charge in [-0.25, -0.2) is 4.79 Å². The molecule has 4 heteroatoms.